The second-order valence-corrected chi connectivity index (χ2v) is 9.91. The van der Waals surface area contributed by atoms with Crippen LogP contribution in [-0.2, 0) is 4.79 Å². The second-order valence-electron chi connectivity index (χ2n) is 7.47. The highest BCUT2D eigenvalue weighted by Gasteiger charge is 2.39. The first-order valence-corrected chi connectivity index (χ1v) is 11.7. The summed E-state index contributed by atoms with van der Waals surface area (Å²) in [4.78, 5) is 33.0. The third-order valence-electron chi connectivity index (χ3n) is 5.22. The summed E-state index contributed by atoms with van der Waals surface area (Å²) in [6.07, 6.45) is 5.88. The van der Waals surface area contributed by atoms with E-state index in [1.807, 2.05) is 19.1 Å². The average Bonchev–Trinajstić information content (AvgIpc) is 2.65. The molecule has 0 aromatic heterocycles. The van der Waals surface area contributed by atoms with Crippen molar-refractivity contribution in [3.63, 3.8) is 0 Å². The lowest BCUT2D eigenvalue weighted by atomic mass is 9.91. The lowest BCUT2D eigenvalue weighted by Crippen LogP contribution is -2.29. The van der Waals surface area contributed by atoms with Gasteiger partial charge in [0.2, 0.25) is 0 Å². The van der Waals surface area contributed by atoms with E-state index in [1.54, 1.807) is 20.3 Å². The molecule has 1 fully saturated rings. The predicted octanol–water partition coefficient (Wildman–Crippen LogP) is 3.34. The van der Waals surface area contributed by atoms with Gasteiger partial charge in [0.25, 0.3) is 7.72 Å². The molecule has 1 aromatic carbocycles. The maximum atomic E-state index is 12.3. The Morgan fingerprint density at radius 3 is 2.56 bits per heavy atom. The number of Topliss-reactive ketones (excluding diaryl/α,β-unsaturated/α-hetero) is 1. The van der Waals surface area contributed by atoms with E-state index in [2.05, 4.69) is 5.32 Å². The van der Waals surface area contributed by atoms with Gasteiger partial charge in [0.15, 0.2) is 11.9 Å². The van der Waals surface area contributed by atoms with Crippen molar-refractivity contribution in [1.29, 1.82) is 0 Å². The number of carbonyl (C=O) groups excluding carboxylic acids is 1. The lowest BCUT2D eigenvalue weighted by molar-refractivity contribution is -0.116. The SMILES string of the molecule is COc1ccc(C(C)NCC(=O)C[P+](O)(O)CC2CCCCC2)c(OC)c1. The summed E-state index contributed by atoms with van der Waals surface area (Å²) in [6.45, 7) is 2.05. The minimum absolute atomic E-state index is 0.101. The molecule has 1 atom stereocenters. The molecule has 0 spiro atoms. The zero-order valence-electron chi connectivity index (χ0n) is 16.6. The molecule has 0 heterocycles. The molecule has 1 aliphatic carbocycles. The summed E-state index contributed by atoms with van der Waals surface area (Å²) in [7, 11) is 0.0377. The molecule has 27 heavy (non-hydrogen) atoms. The van der Waals surface area contributed by atoms with Gasteiger partial charge in [-0.05, 0) is 31.7 Å². The van der Waals surface area contributed by atoms with Crippen LogP contribution < -0.4 is 14.8 Å². The summed E-state index contributed by atoms with van der Waals surface area (Å²) in [6, 6.07) is 5.44. The van der Waals surface area contributed by atoms with Gasteiger partial charge in [0.1, 0.15) is 17.7 Å². The van der Waals surface area contributed by atoms with Crippen LogP contribution >= 0.6 is 7.72 Å². The fraction of sp³-hybridized carbons (Fsp3) is 0.650. The zero-order valence-corrected chi connectivity index (χ0v) is 17.5. The third kappa shape index (κ3) is 7.04. The van der Waals surface area contributed by atoms with Crippen LogP contribution in [0.3, 0.4) is 0 Å². The number of nitrogens with one attached hydrogen (secondary N) is 1. The van der Waals surface area contributed by atoms with Crippen LogP contribution in [0.5, 0.6) is 11.5 Å². The zero-order chi connectivity index (χ0) is 19.9. The molecule has 1 unspecified atom stereocenters. The van der Waals surface area contributed by atoms with E-state index in [9.17, 15) is 14.6 Å². The molecule has 1 saturated carbocycles. The summed E-state index contributed by atoms with van der Waals surface area (Å²) in [5, 5.41) is 3.16. The van der Waals surface area contributed by atoms with Crippen molar-refractivity contribution in [2.75, 3.05) is 33.1 Å². The molecule has 0 radical (unpaired) electrons. The number of methoxy groups -OCH3 is 2. The molecule has 6 nitrogen and oxygen atoms in total. The van der Waals surface area contributed by atoms with E-state index in [-0.39, 0.29) is 24.5 Å². The van der Waals surface area contributed by atoms with Crippen molar-refractivity contribution < 1.29 is 24.1 Å². The molecule has 0 aliphatic heterocycles. The van der Waals surface area contributed by atoms with Crippen molar-refractivity contribution in [2.45, 2.75) is 45.1 Å². The molecule has 0 bridgehead atoms. The standard InChI is InChI=1S/C20H33NO5P/c1-15(19-10-9-18(25-2)11-20(19)26-3)21-12-17(22)14-27(23,24)13-16-7-5-4-6-8-16/h9-11,15-16,21,23-24H,4-8,12-14H2,1-3H3/q+1. The van der Waals surface area contributed by atoms with Crippen LogP contribution in [0.1, 0.15) is 50.6 Å². The molecule has 1 aliphatic rings. The maximum Gasteiger partial charge on any atom is 0.275 e. The van der Waals surface area contributed by atoms with Crippen LogP contribution in [0.15, 0.2) is 18.2 Å². The van der Waals surface area contributed by atoms with Crippen LogP contribution in [0.25, 0.3) is 0 Å². The van der Waals surface area contributed by atoms with E-state index >= 15 is 0 Å². The molecule has 152 valence electrons. The van der Waals surface area contributed by atoms with Crippen LogP contribution in [0.4, 0.5) is 0 Å². The number of hydrogen-bond donors (Lipinski definition) is 3. The van der Waals surface area contributed by atoms with E-state index in [4.69, 9.17) is 9.47 Å². The minimum atomic E-state index is -3.16. The first-order valence-electron chi connectivity index (χ1n) is 9.64. The highest BCUT2D eigenvalue weighted by Crippen LogP contribution is 2.53. The van der Waals surface area contributed by atoms with Gasteiger partial charge in [0.05, 0.1) is 20.8 Å². The molecule has 1 aromatic rings. The quantitative estimate of drug-likeness (QED) is 0.524. The van der Waals surface area contributed by atoms with Crippen molar-refractivity contribution in [3.05, 3.63) is 23.8 Å². The van der Waals surface area contributed by atoms with Crippen LogP contribution in [-0.4, -0.2) is 48.7 Å². The number of carbonyl (C=O) groups is 1. The molecule has 7 heteroatoms. The lowest BCUT2D eigenvalue weighted by Gasteiger charge is -2.23. The van der Waals surface area contributed by atoms with Crippen molar-refractivity contribution >= 4 is 13.5 Å². The van der Waals surface area contributed by atoms with E-state index < -0.39 is 7.72 Å². The smallest absolute Gasteiger partial charge is 0.275 e. The average molecular weight is 398 g/mol. The number of hydrogen-bond acceptors (Lipinski definition) is 6. The molecular formula is C20H33NO5P+. The summed E-state index contributed by atoms with van der Waals surface area (Å²) in [5.41, 5.74) is 0.919. The van der Waals surface area contributed by atoms with Crippen molar-refractivity contribution in [2.24, 2.45) is 5.92 Å². The Morgan fingerprint density at radius 2 is 1.93 bits per heavy atom. The Hall–Kier alpha value is -1.20. The summed E-state index contributed by atoms with van der Waals surface area (Å²) >= 11 is 0. The van der Waals surface area contributed by atoms with Crippen molar-refractivity contribution in [1.82, 2.24) is 5.32 Å². The van der Waals surface area contributed by atoms with Crippen LogP contribution in [0.2, 0.25) is 0 Å². The topological polar surface area (TPSA) is 88.0 Å². The number of ether oxygens (including phenoxy) is 2. The predicted molar refractivity (Wildman–Crippen MR) is 109 cm³/mol. The monoisotopic (exact) mass is 398 g/mol. The number of rotatable bonds is 10. The molecule has 0 amide bonds. The highest BCUT2D eigenvalue weighted by atomic mass is 31.2. The fourth-order valence-corrected chi connectivity index (χ4v) is 5.74. The van der Waals surface area contributed by atoms with E-state index in [0.717, 1.165) is 31.2 Å². The minimum Gasteiger partial charge on any atom is -0.497 e. The summed E-state index contributed by atoms with van der Waals surface area (Å²) < 4.78 is 10.6. The fourth-order valence-electron chi connectivity index (χ4n) is 3.74. The Bertz CT molecular complexity index is 616. The Labute approximate surface area is 162 Å². The van der Waals surface area contributed by atoms with E-state index in [1.165, 1.54) is 6.42 Å². The van der Waals surface area contributed by atoms with Gasteiger partial charge in [0, 0.05) is 17.7 Å². The summed E-state index contributed by atoms with van der Waals surface area (Å²) in [5.74, 6) is 1.58. The van der Waals surface area contributed by atoms with Gasteiger partial charge < -0.3 is 14.8 Å². The highest BCUT2D eigenvalue weighted by molar-refractivity contribution is 7.65. The first-order chi connectivity index (χ1) is 12.8. The first kappa shape index (κ1) is 22.1. The Balaban J connectivity index is 1.85. The van der Waals surface area contributed by atoms with E-state index in [0.29, 0.717) is 23.6 Å². The van der Waals surface area contributed by atoms with Gasteiger partial charge in [-0.3, -0.25) is 4.79 Å². The van der Waals surface area contributed by atoms with Gasteiger partial charge >= 0.3 is 0 Å². The Kier molecular flexibility index (Phi) is 8.49. The van der Waals surface area contributed by atoms with Crippen LogP contribution in [0, 0.1) is 5.92 Å². The number of ketones is 1. The second kappa shape index (κ2) is 10.4. The van der Waals surface area contributed by atoms with Gasteiger partial charge in [-0.15, -0.1) is 0 Å². The van der Waals surface area contributed by atoms with Gasteiger partial charge in [-0.1, -0.05) is 25.3 Å². The molecule has 3 N–H and O–H groups in total. The number of benzene rings is 1. The molecular weight excluding hydrogens is 365 g/mol. The maximum absolute atomic E-state index is 12.3. The molecule has 0 saturated heterocycles. The largest absolute Gasteiger partial charge is 0.497 e. The van der Waals surface area contributed by atoms with Gasteiger partial charge in [-0.2, -0.15) is 0 Å². The molecule has 2 rings (SSSR count). The Morgan fingerprint density at radius 1 is 1.22 bits per heavy atom. The van der Waals surface area contributed by atoms with Crippen molar-refractivity contribution in [3.8, 4) is 11.5 Å². The normalized spacial score (nSPS) is 16.8. The third-order valence-corrected chi connectivity index (χ3v) is 7.18. The van der Waals surface area contributed by atoms with Gasteiger partial charge in [-0.25, -0.2) is 9.79 Å².